The third-order valence-electron chi connectivity index (χ3n) is 1.69. The van der Waals surface area contributed by atoms with Crippen LogP contribution in [0.15, 0.2) is 34.8 Å². The molecule has 0 unspecified atom stereocenters. The Balaban J connectivity index is 2.23. The largest absolute Gasteiger partial charge is 0.453 e. The lowest BCUT2D eigenvalue weighted by molar-refractivity contribution is -0.130. The van der Waals surface area contributed by atoms with Crippen LogP contribution in [0.1, 0.15) is 6.92 Å². The molecule has 0 radical (unpaired) electrons. The average Bonchev–Trinajstić information content (AvgIpc) is 2.64. The second kappa shape index (κ2) is 2.62. The first kappa shape index (κ1) is 7.86. The predicted molar refractivity (Wildman–Crippen MR) is 47.8 cm³/mol. The lowest BCUT2D eigenvalue weighted by Crippen LogP contribution is -2.07. The lowest BCUT2D eigenvalue weighted by atomic mass is 10.3. The first-order chi connectivity index (χ1) is 6.16. The molecule has 0 amide bonds. The molecule has 2 bridgehead atoms. The Morgan fingerprint density at radius 2 is 2.31 bits per heavy atom. The van der Waals surface area contributed by atoms with Crippen LogP contribution in [0.3, 0.4) is 0 Å². The summed E-state index contributed by atoms with van der Waals surface area (Å²) in [6.07, 6.45) is 0. The van der Waals surface area contributed by atoms with E-state index in [1.165, 1.54) is 0 Å². The van der Waals surface area contributed by atoms with E-state index in [0.29, 0.717) is 22.5 Å². The van der Waals surface area contributed by atoms with Gasteiger partial charge in [-0.25, -0.2) is 4.79 Å². The van der Waals surface area contributed by atoms with E-state index in [1.54, 1.807) is 19.1 Å². The van der Waals surface area contributed by atoms with Crippen LogP contribution in [0, 0.1) is 0 Å². The van der Waals surface area contributed by atoms with E-state index in [-0.39, 0.29) is 0 Å². The number of ether oxygens (including phenoxy) is 1. The number of hydrogen-bond donors (Lipinski definition) is 0. The van der Waals surface area contributed by atoms with Crippen LogP contribution in [0.4, 0.5) is 0 Å². The zero-order chi connectivity index (χ0) is 9.42. The van der Waals surface area contributed by atoms with Crippen molar-refractivity contribution < 1.29 is 13.9 Å². The molecule has 0 spiro atoms. The quantitative estimate of drug-likeness (QED) is 0.400. The third-order valence-corrected chi connectivity index (χ3v) is 1.69. The van der Waals surface area contributed by atoms with Crippen molar-refractivity contribution in [2.24, 2.45) is 0 Å². The zero-order valence-electron chi connectivity index (χ0n) is 7.16. The predicted octanol–water partition coefficient (Wildman–Crippen LogP) is 2.35. The highest BCUT2D eigenvalue weighted by atomic mass is 16.5. The van der Waals surface area contributed by atoms with Gasteiger partial charge in [0.2, 0.25) is 0 Å². The van der Waals surface area contributed by atoms with Gasteiger partial charge in [0, 0.05) is 11.6 Å². The molecule has 0 saturated carbocycles. The summed E-state index contributed by atoms with van der Waals surface area (Å²) in [6.45, 7) is 5.08. The summed E-state index contributed by atoms with van der Waals surface area (Å²) >= 11 is 0. The van der Waals surface area contributed by atoms with Gasteiger partial charge in [0.05, 0.1) is 0 Å². The minimum absolute atomic E-state index is 0.373. The number of benzene rings is 1. The maximum absolute atomic E-state index is 11.1. The van der Waals surface area contributed by atoms with Crippen LogP contribution >= 0.6 is 0 Å². The molecule has 3 heteroatoms. The van der Waals surface area contributed by atoms with Crippen molar-refractivity contribution in [1.82, 2.24) is 0 Å². The van der Waals surface area contributed by atoms with Crippen molar-refractivity contribution in [3.63, 3.8) is 0 Å². The van der Waals surface area contributed by atoms with Gasteiger partial charge < -0.3 is 9.15 Å². The van der Waals surface area contributed by atoms with Crippen LogP contribution in [0.2, 0.25) is 0 Å². The SMILES string of the molecule is C=C(C)C(=O)Oc1cc2ccc1o2. The summed E-state index contributed by atoms with van der Waals surface area (Å²) in [6, 6.07) is 5.25. The van der Waals surface area contributed by atoms with Crippen molar-refractivity contribution in [3.05, 3.63) is 30.4 Å². The van der Waals surface area contributed by atoms with Crippen LogP contribution < -0.4 is 4.74 Å². The van der Waals surface area contributed by atoms with Gasteiger partial charge in [-0.1, -0.05) is 6.58 Å². The average molecular weight is 176 g/mol. The molecular formula is C10H8O3. The van der Waals surface area contributed by atoms with E-state index in [4.69, 9.17) is 9.15 Å². The number of furan rings is 2. The van der Waals surface area contributed by atoms with Crippen LogP contribution in [0.5, 0.6) is 5.75 Å². The molecule has 0 fully saturated rings. The molecule has 0 aliphatic carbocycles. The van der Waals surface area contributed by atoms with Crippen LogP contribution in [0.25, 0.3) is 11.2 Å². The Labute approximate surface area is 74.9 Å². The Hall–Kier alpha value is -1.77. The van der Waals surface area contributed by atoms with Crippen LogP contribution in [-0.2, 0) is 4.79 Å². The van der Waals surface area contributed by atoms with Crippen molar-refractivity contribution in [1.29, 1.82) is 0 Å². The minimum atomic E-state index is -0.427. The van der Waals surface area contributed by atoms with E-state index >= 15 is 0 Å². The molecule has 2 heterocycles. The molecule has 13 heavy (non-hydrogen) atoms. The monoisotopic (exact) mass is 176 g/mol. The second-order valence-electron chi connectivity index (χ2n) is 2.88. The number of rotatable bonds is 2. The summed E-state index contributed by atoms with van der Waals surface area (Å²) in [7, 11) is 0. The number of carbonyl (C=O) groups excluding carboxylic acids is 1. The van der Waals surface area contributed by atoms with Gasteiger partial charge >= 0.3 is 5.97 Å². The molecule has 0 N–H and O–H groups in total. The van der Waals surface area contributed by atoms with Gasteiger partial charge in [-0.2, -0.15) is 0 Å². The fourth-order valence-corrected chi connectivity index (χ4v) is 1.03. The van der Waals surface area contributed by atoms with Crippen molar-refractivity contribution in [2.45, 2.75) is 6.92 Å². The van der Waals surface area contributed by atoms with Crippen LogP contribution in [-0.4, -0.2) is 5.97 Å². The number of esters is 1. The number of hydrogen-bond acceptors (Lipinski definition) is 3. The highest BCUT2D eigenvalue weighted by Gasteiger charge is 2.12. The van der Waals surface area contributed by atoms with Gasteiger partial charge in [0.25, 0.3) is 0 Å². The Morgan fingerprint density at radius 3 is 2.77 bits per heavy atom. The summed E-state index contributed by atoms with van der Waals surface area (Å²) in [5.41, 5.74) is 1.67. The molecule has 2 aromatic rings. The molecule has 0 saturated heterocycles. The topological polar surface area (TPSA) is 39.4 Å². The number of carbonyl (C=O) groups is 1. The number of fused-ring (bicyclic) bond motifs is 2. The molecule has 0 aliphatic heterocycles. The summed E-state index contributed by atoms with van der Waals surface area (Å²) in [5, 5.41) is 0. The zero-order valence-corrected chi connectivity index (χ0v) is 7.16. The maximum Gasteiger partial charge on any atom is 0.338 e. The smallest absolute Gasteiger partial charge is 0.338 e. The first-order valence-electron chi connectivity index (χ1n) is 3.86. The van der Waals surface area contributed by atoms with Crippen molar-refractivity contribution in [2.75, 3.05) is 0 Å². The van der Waals surface area contributed by atoms with E-state index in [0.717, 1.165) is 0 Å². The molecule has 0 aromatic carbocycles. The fourth-order valence-electron chi connectivity index (χ4n) is 1.03. The fraction of sp³-hybridized carbons (Fsp3) is 0.100. The molecule has 0 atom stereocenters. The minimum Gasteiger partial charge on any atom is -0.453 e. The Morgan fingerprint density at radius 1 is 1.54 bits per heavy atom. The van der Waals surface area contributed by atoms with E-state index in [2.05, 4.69) is 6.58 Å². The summed E-state index contributed by atoms with van der Waals surface area (Å²) < 4.78 is 10.2. The molecule has 66 valence electrons. The third kappa shape index (κ3) is 1.28. The maximum atomic E-state index is 11.1. The molecule has 2 rings (SSSR count). The summed E-state index contributed by atoms with van der Waals surface area (Å²) in [5.74, 6) is 0.0365. The van der Waals surface area contributed by atoms with E-state index < -0.39 is 5.97 Å². The van der Waals surface area contributed by atoms with Crippen molar-refractivity contribution >= 4 is 17.1 Å². The normalized spacial score (nSPS) is 10.5. The van der Waals surface area contributed by atoms with Gasteiger partial charge in [0.1, 0.15) is 5.58 Å². The van der Waals surface area contributed by atoms with E-state index in [9.17, 15) is 4.79 Å². The first-order valence-corrected chi connectivity index (χ1v) is 3.86. The van der Waals surface area contributed by atoms with Gasteiger partial charge in [0.15, 0.2) is 11.3 Å². The standard InChI is InChI=1S/C10H8O3/c1-6(2)10(11)13-9-5-7-3-4-8(9)12-7/h3-5H,1H2,2H3. The molecule has 3 nitrogen and oxygen atoms in total. The molecule has 2 aromatic heterocycles. The highest BCUT2D eigenvalue weighted by molar-refractivity contribution is 5.90. The highest BCUT2D eigenvalue weighted by Crippen LogP contribution is 2.29. The Kier molecular flexibility index (Phi) is 1.59. The van der Waals surface area contributed by atoms with Gasteiger partial charge in [-0.3, -0.25) is 0 Å². The van der Waals surface area contributed by atoms with E-state index in [1.807, 2.05) is 6.07 Å². The van der Waals surface area contributed by atoms with Crippen molar-refractivity contribution in [3.8, 4) is 5.75 Å². The lowest BCUT2D eigenvalue weighted by Gasteiger charge is -1.99. The second-order valence-corrected chi connectivity index (χ2v) is 2.88. The summed E-state index contributed by atoms with van der Waals surface area (Å²) in [4.78, 5) is 11.1. The van der Waals surface area contributed by atoms with Gasteiger partial charge in [-0.05, 0) is 19.1 Å². The van der Waals surface area contributed by atoms with Gasteiger partial charge in [-0.15, -0.1) is 0 Å². The Bertz CT molecular complexity index is 453. The molecule has 0 aliphatic rings. The molecular weight excluding hydrogens is 168 g/mol.